The van der Waals surface area contributed by atoms with Gasteiger partial charge < -0.3 is 14.4 Å². The second-order valence-electron chi connectivity index (χ2n) is 11.0. The largest absolute Gasteiger partial charge is 0.497 e. The van der Waals surface area contributed by atoms with Gasteiger partial charge in [0.25, 0.3) is 11.8 Å². The summed E-state index contributed by atoms with van der Waals surface area (Å²) in [5.74, 6) is -1.17. The van der Waals surface area contributed by atoms with Crippen LogP contribution in [0.1, 0.15) is 47.7 Å². The van der Waals surface area contributed by atoms with E-state index in [1.165, 1.54) is 27.2 Å². The van der Waals surface area contributed by atoms with Crippen LogP contribution in [0.3, 0.4) is 0 Å². The Labute approximate surface area is 269 Å². The van der Waals surface area contributed by atoms with E-state index >= 15 is 0 Å². The number of thiazole rings is 2. The van der Waals surface area contributed by atoms with Crippen LogP contribution in [0.15, 0.2) is 48.0 Å². The lowest BCUT2D eigenvalue weighted by Crippen LogP contribution is -2.28. The van der Waals surface area contributed by atoms with Crippen LogP contribution in [-0.2, 0) is 12.5 Å². The molecule has 1 atom stereocenters. The molecule has 1 amide bonds. The van der Waals surface area contributed by atoms with Crippen molar-refractivity contribution in [3.63, 3.8) is 0 Å². The van der Waals surface area contributed by atoms with Crippen LogP contribution in [0.4, 0.5) is 8.78 Å². The van der Waals surface area contributed by atoms with Crippen molar-refractivity contribution in [3.8, 4) is 32.8 Å². The van der Waals surface area contributed by atoms with Gasteiger partial charge in [0.2, 0.25) is 4.96 Å². The zero-order chi connectivity index (χ0) is 31.3. The third kappa shape index (κ3) is 5.89. The van der Waals surface area contributed by atoms with Crippen molar-refractivity contribution in [1.82, 2.24) is 29.5 Å². The third-order valence-corrected chi connectivity index (χ3v) is 10.9. The summed E-state index contributed by atoms with van der Waals surface area (Å²) in [6.45, 7) is 4.87. The molecule has 0 aliphatic carbocycles. The molecular weight excluding hydrogens is 639 g/mol. The molecule has 0 saturated carbocycles. The van der Waals surface area contributed by atoms with Gasteiger partial charge in [-0.2, -0.15) is 13.9 Å². The van der Waals surface area contributed by atoms with Crippen LogP contribution >= 0.6 is 34.0 Å². The maximum Gasteiger partial charge on any atom is 0.298 e. The number of hydrogen-bond donors (Lipinski definition) is 0. The average Bonchev–Trinajstić information content (AvgIpc) is 3.85. The predicted octanol–water partition coefficient (Wildman–Crippen LogP) is 7.76. The first kappa shape index (κ1) is 29.7. The van der Waals surface area contributed by atoms with Crippen molar-refractivity contribution in [2.75, 3.05) is 20.2 Å². The summed E-state index contributed by atoms with van der Waals surface area (Å²) in [6, 6.07) is 11.3. The number of aromatic nitrogens is 5. The van der Waals surface area contributed by atoms with Gasteiger partial charge >= 0.3 is 0 Å². The molecule has 1 aliphatic rings. The molecule has 0 spiro atoms. The molecule has 14 heteroatoms. The lowest BCUT2D eigenvalue weighted by molar-refractivity contribution is 0.0163. The fraction of sp³-hybridized carbons (Fsp3) is 0.323. The van der Waals surface area contributed by atoms with Gasteiger partial charge in [0, 0.05) is 48.7 Å². The number of nitrogens with zero attached hydrogens (tertiary/aromatic N) is 6. The van der Waals surface area contributed by atoms with Crippen LogP contribution < -0.4 is 9.47 Å². The molecule has 1 saturated heterocycles. The number of carbonyl (C=O) groups is 1. The molecule has 7 rings (SSSR count). The number of likely N-dealkylation sites (tertiary alicyclic amines) is 1. The normalized spacial score (nSPS) is 15.4. The van der Waals surface area contributed by atoms with Crippen LogP contribution in [0.5, 0.6) is 11.5 Å². The zero-order valence-corrected chi connectivity index (χ0v) is 27.1. The molecule has 4 aromatic heterocycles. The summed E-state index contributed by atoms with van der Waals surface area (Å²) in [5, 5.41) is 7.10. The van der Waals surface area contributed by atoms with Crippen molar-refractivity contribution >= 4 is 55.1 Å². The van der Waals surface area contributed by atoms with E-state index in [1.807, 2.05) is 40.6 Å². The van der Waals surface area contributed by atoms with E-state index in [0.717, 1.165) is 65.2 Å². The van der Waals surface area contributed by atoms with Crippen molar-refractivity contribution in [2.45, 2.75) is 39.2 Å². The van der Waals surface area contributed by atoms with Gasteiger partial charge in [-0.15, -0.1) is 22.7 Å². The topological polar surface area (TPSA) is 94.7 Å². The Kier molecular flexibility index (Phi) is 7.74. The van der Waals surface area contributed by atoms with Crippen molar-refractivity contribution in [2.24, 2.45) is 5.92 Å². The molecule has 0 bridgehead atoms. The van der Waals surface area contributed by atoms with E-state index in [4.69, 9.17) is 19.4 Å². The number of carbonyl (C=O) groups excluding carboxylic acids is 1. The summed E-state index contributed by atoms with van der Waals surface area (Å²) in [7, 11) is 1.58. The number of amides is 1. The number of imidazole rings is 1. The van der Waals surface area contributed by atoms with Crippen LogP contribution in [0.2, 0.25) is 0 Å². The van der Waals surface area contributed by atoms with Crippen LogP contribution in [0.25, 0.3) is 36.5 Å². The maximum absolute atomic E-state index is 13.7. The van der Waals surface area contributed by atoms with E-state index in [9.17, 15) is 13.6 Å². The van der Waals surface area contributed by atoms with Gasteiger partial charge in [-0.1, -0.05) is 36.8 Å². The minimum absolute atomic E-state index is 0.0845. The highest BCUT2D eigenvalue weighted by Gasteiger charge is 2.30. The Morgan fingerprint density at radius 2 is 1.93 bits per heavy atom. The van der Waals surface area contributed by atoms with E-state index < -0.39 is 5.92 Å². The molecule has 0 N–H and O–H groups in total. The smallest absolute Gasteiger partial charge is 0.298 e. The van der Waals surface area contributed by atoms with Crippen LogP contribution in [0, 0.1) is 5.92 Å². The Morgan fingerprint density at radius 1 is 1.11 bits per heavy atom. The van der Waals surface area contributed by atoms with Gasteiger partial charge in [-0.3, -0.25) is 4.79 Å². The first-order valence-corrected chi connectivity index (χ1v) is 16.9. The summed E-state index contributed by atoms with van der Waals surface area (Å²) in [4.78, 5) is 29.2. The summed E-state index contributed by atoms with van der Waals surface area (Å²) >= 11 is 3.75. The van der Waals surface area contributed by atoms with Gasteiger partial charge in [0.15, 0.2) is 5.01 Å². The molecule has 6 aromatic rings. The highest BCUT2D eigenvalue weighted by molar-refractivity contribution is 7.22. The number of hydrogen-bond acceptors (Lipinski definition) is 10. The Bertz CT molecular complexity index is 1980. The van der Waals surface area contributed by atoms with E-state index in [-0.39, 0.29) is 17.5 Å². The average molecular weight is 667 g/mol. The summed E-state index contributed by atoms with van der Waals surface area (Å²) in [5.41, 5.74) is 3.61. The van der Waals surface area contributed by atoms with E-state index in [0.29, 0.717) is 44.2 Å². The van der Waals surface area contributed by atoms with Gasteiger partial charge in [0.1, 0.15) is 33.8 Å². The Hall–Kier alpha value is -4.01. The third-order valence-electron chi connectivity index (χ3n) is 7.76. The molecule has 0 radical (unpaired) electrons. The van der Waals surface area contributed by atoms with Crippen molar-refractivity contribution in [3.05, 3.63) is 64.2 Å². The monoisotopic (exact) mass is 666 g/mol. The highest BCUT2D eigenvalue weighted by atomic mass is 32.1. The van der Waals surface area contributed by atoms with Crippen molar-refractivity contribution < 1.29 is 23.0 Å². The summed E-state index contributed by atoms with van der Waals surface area (Å²) in [6.07, 6.45) is 3.77. The molecular formula is C31H28F2N6O3S3. The second-order valence-corrected chi connectivity index (χ2v) is 13.8. The lowest BCUT2D eigenvalue weighted by atomic mass is 10.1. The molecule has 5 heterocycles. The number of alkyl halides is 2. The van der Waals surface area contributed by atoms with Gasteiger partial charge in [-0.25, -0.2) is 19.5 Å². The maximum atomic E-state index is 13.7. The number of benzene rings is 2. The minimum atomic E-state index is -3.03. The lowest BCUT2D eigenvalue weighted by Gasteiger charge is -2.16. The molecule has 1 fully saturated rings. The SMILES string of the molecule is CC[C@@H]1CCN(C(=O)c2ccc(-c3nc(COc4cc(OC)cc5nc(-c6cn7nc(C(C)(F)F)sc7n6)sc45)cs3)cc2)C1. The van der Waals surface area contributed by atoms with Crippen molar-refractivity contribution in [1.29, 1.82) is 0 Å². The molecule has 232 valence electrons. The fourth-order valence-corrected chi connectivity index (χ4v) is 7.83. The predicted molar refractivity (Wildman–Crippen MR) is 172 cm³/mol. The highest BCUT2D eigenvalue weighted by Crippen LogP contribution is 2.40. The molecule has 0 unspecified atom stereocenters. The molecule has 45 heavy (non-hydrogen) atoms. The number of rotatable bonds is 9. The Balaban J connectivity index is 1.07. The first-order chi connectivity index (χ1) is 21.7. The number of ether oxygens (including phenoxy) is 2. The zero-order valence-electron chi connectivity index (χ0n) is 24.6. The van der Waals surface area contributed by atoms with E-state index in [1.54, 1.807) is 19.4 Å². The minimum Gasteiger partial charge on any atom is -0.497 e. The molecule has 2 aromatic carbocycles. The quantitative estimate of drug-likeness (QED) is 0.156. The molecule has 1 aliphatic heterocycles. The van der Waals surface area contributed by atoms with E-state index in [2.05, 4.69) is 17.0 Å². The second kappa shape index (κ2) is 11.7. The molecule has 9 nitrogen and oxygen atoms in total. The van der Waals surface area contributed by atoms with Crippen LogP contribution in [-0.4, -0.2) is 55.6 Å². The number of halogens is 2. The summed E-state index contributed by atoms with van der Waals surface area (Å²) < 4.78 is 41.3. The van der Waals surface area contributed by atoms with Gasteiger partial charge in [0.05, 0.1) is 29.2 Å². The number of methoxy groups -OCH3 is 1. The van der Waals surface area contributed by atoms with Gasteiger partial charge in [-0.05, 0) is 24.5 Å². The standard InChI is InChI=1S/C31H28F2N6O3S3/c1-4-17-9-10-38(13-17)28(40)19-7-5-18(6-8-19)26-34-20(16-43-26)15-42-24-12-21(41-3)11-22-25(24)44-27(35-22)23-14-39-30(36-23)45-29(37-39)31(2,32)33/h5-8,11-12,14,16-17H,4,9-10,13,15H2,1-3H3/t17-/m1/s1. The fourth-order valence-electron chi connectivity index (χ4n) is 5.24. The Morgan fingerprint density at radius 3 is 2.64 bits per heavy atom. The number of fused-ring (bicyclic) bond motifs is 2. The first-order valence-electron chi connectivity index (χ1n) is 14.4.